The van der Waals surface area contributed by atoms with Crippen molar-refractivity contribution in [2.45, 2.75) is 52.4 Å². The topological polar surface area (TPSA) is 17.1 Å². The third kappa shape index (κ3) is 3.48. The van der Waals surface area contributed by atoms with Gasteiger partial charge in [0.2, 0.25) is 0 Å². The number of benzene rings is 1. The molecule has 1 aromatic carbocycles. The fourth-order valence-electron chi connectivity index (χ4n) is 1.97. The molecule has 88 valence electrons. The van der Waals surface area contributed by atoms with E-state index < -0.39 is 0 Å². The molecule has 0 heterocycles. The van der Waals surface area contributed by atoms with Crippen LogP contribution in [-0.4, -0.2) is 5.78 Å². The van der Waals surface area contributed by atoms with E-state index in [1.165, 1.54) is 11.1 Å². The standard InChI is InChI=1S/C15H22O/c1-4-6-7-14(15(16)5-2)13-10-8-12(3)9-11-13/h8-11,14H,4-7H2,1-3H3. The average Bonchev–Trinajstić information content (AvgIpc) is 2.31. The number of hydrogen-bond donors (Lipinski definition) is 0. The van der Waals surface area contributed by atoms with Crippen LogP contribution in [-0.2, 0) is 4.79 Å². The summed E-state index contributed by atoms with van der Waals surface area (Å²) in [6.45, 7) is 6.20. The Labute approximate surface area is 98.9 Å². The Morgan fingerprint density at radius 1 is 1.19 bits per heavy atom. The van der Waals surface area contributed by atoms with Crippen LogP contribution in [0, 0.1) is 6.92 Å². The molecule has 0 spiro atoms. The van der Waals surface area contributed by atoms with E-state index in [4.69, 9.17) is 0 Å². The van der Waals surface area contributed by atoms with Gasteiger partial charge in [0.1, 0.15) is 5.78 Å². The van der Waals surface area contributed by atoms with Gasteiger partial charge in [-0.1, -0.05) is 56.5 Å². The van der Waals surface area contributed by atoms with Crippen molar-refractivity contribution in [3.05, 3.63) is 35.4 Å². The van der Waals surface area contributed by atoms with Crippen molar-refractivity contribution < 1.29 is 4.79 Å². The average molecular weight is 218 g/mol. The van der Waals surface area contributed by atoms with E-state index in [1.807, 2.05) is 6.92 Å². The lowest BCUT2D eigenvalue weighted by molar-refractivity contribution is -0.120. The molecule has 0 saturated heterocycles. The zero-order valence-electron chi connectivity index (χ0n) is 10.6. The maximum atomic E-state index is 11.9. The first-order chi connectivity index (χ1) is 7.69. The maximum Gasteiger partial charge on any atom is 0.140 e. The molecule has 0 aliphatic carbocycles. The Morgan fingerprint density at radius 2 is 1.81 bits per heavy atom. The summed E-state index contributed by atoms with van der Waals surface area (Å²) in [5, 5.41) is 0. The molecular formula is C15H22O. The Hall–Kier alpha value is -1.11. The van der Waals surface area contributed by atoms with Crippen molar-refractivity contribution in [3.8, 4) is 0 Å². The van der Waals surface area contributed by atoms with Gasteiger partial charge in [-0.15, -0.1) is 0 Å². The van der Waals surface area contributed by atoms with Gasteiger partial charge in [0, 0.05) is 12.3 Å². The zero-order chi connectivity index (χ0) is 12.0. The minimum Gasteiger partial charge on any atom is -0.299 e. The highest BCUT2D eigenvalue weighted by atomic mass is 16.1. The van der Waals surface area contributed by atoms with E-state index in [1.54, 1.807) is 0 Å². The van der Waals surface area contributed by atoms with Crippen molar-refractivity contribution in [2.24, 2.45) is 0 Å². The Kier molecular flexibility index (Phi) is 5.24. The van der Waals surface area contributed by atoms with Crippen molar-refractivity contribution >= 4 is 5.78 Å². The minimum atomic E-state index is 0.116. The lowest BCUT2D eigenvalue weighted by Gasteiger charge is -2.15. The van der Waals surface area contributed by atoms with Crippen LogP contribution in [0.1, 0.15) is 56.6 Å². The number of hydrogen-bond acceptors (Lipinski definition) is 1. The largest absolute Gasteiger partial charge is 0.299 e. The summed E-state index contributed by atoms with van der Waals surface area (Å²) in [7, 11) is 0. The third-order valence-electron chi connectivity index (χ3n) is 3.06. The van der Waals surface area contributed by atoms with Gasteiger partial charge in [-0.05, 0) is 18.9 Å². The maximum absolute atomic E-state index is 11.9. The van der Waals surface area contributed by atoms with E-state index in [-0.39, 0.29) is 5.92 Å². The predicted octanol–water partition coefficient (Wildman–Crippen LogP) is 4.25. The Morgan fingerprint density at radius 3 is 2.31 bits per heavy atom. The van der Waals surface area contributed by atoms with Crippen LogP contribution in [0.2, 0.25) is 0 Å². The van der Waals surface area contributed by atoms with E-state index in [9.17, 15) is 4.79 Å². The second kappa shape index (κ2) is 6.47. The van der Waals surface area contributed by atoms with Gasteiger partial charge in [-0.3, -0.25) is 4.79 Å². The van der Waals surface area contributed by atoms with Gasteiger partial charge < -0.3 is 0 Å². The molecule has 1 rings (SSSR count). The summed E-state index contributed by atoms with van der Waals surface area (Å²) >= 11 is 0. The summed E-state index contributed by atoms with van der Waals surface area (Å²) < 4.78 is 0. The number of Topliss-reactive ketones (excluding diaryl/α,β-unsaturated/α-hetero) is 1. The summed E-state index contributed by atoms with van der Waals surface area (Å²) in [5.74, 6) is 0.489. The number of rotatable bonds is 6. The molecule has 1 heteroatoms. The fourth-order valence-corrected chi connectivity index (χ4v) is 1.97. The molecule has 1 unspecified atom stereocenters. The molecule has 0 amide bonds. The molecule has 0 bridgehead atoms. The molecule has 1 nitrogen and oxygen atoms in total. The number of ketones is 1. The summed E-state index contributed by atoms with van der Waals surface area (Å²) in [6, 6.07) is 8.39. The molecule has 0 radical (unpaired) electrons. The second-order valence-corrected chi connectivity index (χ2v) is 4.43. The van der Waals surface area contributed by atoms with Crippen LogP contribution < -0.4 is 0 Å². The van der Waals surface area contributed by atoms with Gasteiger partial charge in [-0.25, -0.2) is 0 Å². The Balaban J connectivity index is 2.82. The molecule has 16 heavy (non-hydrogen) atoms. The van der Waals surface area contributed by atoms with E-state index >= 15 is 0 Å². The first-order valence-electron chi connectivity index (χ1n) is 6.28. The molecule has 1 aromatic rings. The molecule has 0 aromatic heterocycles. The first-order valence-corrected chi connectivity index (χ1v) is 6.28. The third-order valence-corrected chi connectivity index (χ3v) is 3.06. The fraction of sp³-hybridized carbons (Fsp3) is 0.533. The normalized spacial score (nSPS) is 12.4. The smallest absolute Gasteiger partial charge is 0.140 e. The highest BCUT2D eigenvalue weighted by Gasteiger charge is 2.17. The van der Waals surface area contributed by atoms with Crippen molar-refractivity contribution in [2.75, 3.05) is 0 Å². The van der Waals surface area contributed by atoms with Crippen LogP contribution in [0.3, 0.4) is 0 Å². The molecule has 0 saturated carbocycles. The lowest BCUT2D eigenvalue weighted by Crippen LogP contribution is -2.11. The van der Waals surface area contributed by atoms with Gasteiger partial charge in [0.15, 0.2) is 0 Å². The zero-order valence-corrected chi connectivity index (χ0v) is 10.6. The number of aryl methyl sites for hydroxylation is 1. The lowest BCUT2D eigenvalue weighted by atomic mass is 9.88. The van der Waals surface area contributed by atoms with Gasteiger partial charge >= 0.3 is 0 Å². The monoisotopic (exact) mass is 218 g/mol. The highest BCUT2D eigenvalue weighted by molar-refractivity contribution is 5.85. The van der Waals surface area contributed by atoms with Crippen LogP contribution in [0.5, 0.6) is 0 Å². The molecule has 0 aliphatic rings. The first kappa shape index (κ1) is 13.0. The molecule has 0 N–H and O–H groups in total. The van der Waals surface area contributed by atoms with Crippen LogP contribution >= 0.6 is 0 Å². The van der Waals surface area contributed by atoms with E-state index in [2.05, 4.69) is 38.1 Å². The molecular weight excluding hydrogens is 196 g/mol. The van der Waals surface area contributed by atoms with E-state index in [0.29, 0.717) is 12.2 Å². The summed E-state index contributed by atoms with van der Waals surface area (Å²) in [4.78, 5) is 11.9. The predicted molar refractivity (Wildman–Crippen MR) is 68.7 cm³/mol. The SMILES string of the molecule is CCCCC(C(=O)CC)c1ccc(C)cc1. The summed E-state index contributed by atoms with van der Waals surface area (Å²) in [6.07, 6.45) is 3.91. The highest BCUT2D eigenvalue weighted by Crippen LogP contribution is 2.24. The minimum absolute atomic E-state index is 0.116. The number of carbonyl (C=O) groups is 1. The second-order valence-electron chi connectivity index (χ2n) is 4.43. The van der Waals surface area contributed by atoms with Crippen LogP contribution in [0.15, 0.2) is 24.3 Å². The van der Waals surface area contributed by atoms with Crippen LogP contribution in [0.4, 0.5) is 0 Å². The Bertz CT molecular complexity index is 324. The van der Waals surface area contributed by atoms with Crippen molar-refractivity contribution in [1.29, 1.82) is 0 Å². The van der Waals surface area contributed by atoms with Gasteiger partial charge in [-0.2, -0.15) is 0 Å². The van der Waals surface area contributed by atoms with E-state index in [0.717, 1.165) is 19.3 Å². The van der Waals surface area contributed by atoms with Gasteiger partial charge in [0.25, 0.3) is 0 Å². The van der Waals surface area contributed by atoms with Crippen LogP contribution in [0.25, 0.3) is 0 Å². The molecule has 0 aliphatic heterocycles. The van der Waals surface area contributed by atoms with Crippen molar-refractivity contribution in [1.82, 2.24) is 0 Å². The van der Waals surface area contributed by atoms with Crippen molar-refractivity contribution in [3.63, 3.8) is 0 Å². The number of carbonyl (C=O) groups excluding carboxylic acids is 1. The molecule has 1 atom stereocenters. The quantitative estimate of drug-likeness (QED) is 0.697. The summed E-state index contributed by atoms with van der Waals surface area (Å²) in [5.41, 5.74) is 2.44. The van der Waals surface area contributed by atoms with Gasteiger partial charge in [0.05, 0.1) is 0 Å². The molecule has 0 fully saturated rings. The number of unbranched alkanes of at least 4 members (excludes halogenated alkanes) is 1.